The maximum atomic E-state index is 8.77. The second-order valence-electron chi connectivity index (χ2n) is 3.23. The van der Waals surface area contributed by atoms with Crippen molar-refractivity contribution in [3.05, 3.63) is 0 Å². The average molecular weight is 155 g/mol. The normalized spacial score (nSPS) is 31.8. The molecule has 11 heavy (non-hydrogen) atoms. The molecule has 1 heterocycles. The molecule has 0 aromatic carbocycles. The van der Waals surface area contributed by atoms with E-state index in [0.29, 0.717) is 5.92 Å². The first-order valence-corrected chi connectivity index (χ1v) is 4.37. The van der Waals surface area contributed by atoms with Crippen LogP contribution in [0.3, 0.4) is 0 Å². The van der Waals surface area contributed by atoms with E-state index in [1.165, 1.54) is 6.42 Å². The summed E-state index contributed by atoms with van der Waals surface area (Å²) in [5, 5.41) is 8.77. The molecule has 63 valence electrons. The predicted molar refractivity (Wildman–Crippen MR) is 46.0 cm³/mol. The van der Waals surface area contributed by atoms with Gasteiger partial charge in [0.1, 0.15) is 7.28 Å². The van der Waals surface area contributed by atoms with Crippen LogP contribution < -0.4 is 0 Å². The Balaban J connectivity index is 2.14. The lowest BCUT2D eigenvalue weighted by Crippen LogP contribution is -2.28. The van der Waals surface area contributed by atoms with Gasteiger partial charge in [0.05, 0.1) is 12.7 Å². The van der Waals surface area contributed by atoms with Gasteiger partial charge < -0.3 is 9.84 Å². The molecule has 0 spiro atoms. The number of aliphatic hydroxyl groups excluding tert-OH is 1. The molecule has 1 N–H and O–H groups in total. The zero-order chi connectivity index (χ0) is 8.10. The Labute approximate surface area is 69.2 Å². The second kappa shape index (κ2) is 4.78. The molecular weight excluding hydrogens is 139 g/mol. The zero-order valence-corrected chi connectivity index (χ0v) is 7.12. The first kappa shape index (κ1) is 9.08. The van der Waals surface area contributed by atoms with Crippen LogP contribution in [-0.2, 0) is 4.74 Å². The molecule has 1 saturated heterocycles. The maximum Gasteiger partial charge on any atom is 0.106 e. The van der Waals surface area contributed by atoms with E-state index in [0.717, 1.165) is 19.3 Å². The van der Waals surface area contributed by atoms with E-state index in [4.69, 9.17) is 9.84 Å². The quantitative estimate of drug-likeness (QED) is 0.614. The monoisotopic (exact) mass is 155 g/mol. The summed E-state index contributed by atoms with van der Waals surface area (Å²) < 4.78 is 5.42. The molecule has 1 fully saturated rings. The highest BCUT2D eigenvalue weighted by atomic mass is 16.5. The van der Waals surface area contributed by atoms with E-state index in [1.807, 2.05) is 0 Å². The summed E-state index contributed by atoms with van der Waals surface area (Å²) in [5.74, 6) is 0.697. The van der Waals surface area contributed by atoms with Gasteiger partial charge in [-0.1, -0.05) is 13.1 Å². The third kappa shape index (κ3) is 2.84. The fourth-order valence-corrected chi connectivity index (χ4v) is 1.52. The molecule has 0 amide bonds. The maximum absolute atomic E-state index is 8.77. The molecule has 0 bridgehead atoms. The van der Waals surface area contributed by atoms with Crippen molar-refractivity contribution in [1.29, 1.82) is 0 Å². The van der Waals surface area contributed by atoms with Gasteiger partial charge in [0.25, 0.3) is 0 Å². The first-order chi connectivity index (χ1) is 5.36. The van der Waals surface area contributed by atoms with Crippen LogP contribution in [0.5, 0.6) is 0 Å². The summed E-state index contributed by atoms with van der Waals surface area (Å²) in [6.07, 6.45) is 3.49. The number of hydrogen-bond donors (Lipinski definition) is 1. The molecule has 1 aliphatic heterocycles. The lowest BCUT2D eigenvalue weighted by Gasteiger charge is -2.27. The molecule has 0 saturated carbocycles. The van der Waals surface area contributed by atoms with Gasteiger partial charge in [-0.2, -0.15) is 0 Å². The van der Waals surface area contributed by atoms with Gasteiger partial charge in [-0.15, -0.1) is 0 Å². The molecular formula is C8H16BO2. The molecule has 2 unspecified atom stereocenters. The Kier molecular flexibility index (Phi) is 3.94. The number of ether oxygens (including phenoxy) is 1. The van der Waals surface area contributed by atoms with Crippen molar-refractivity contribution in [2.24, 2.45) is 5.92 Å². The third-order valence-electron chi connectivity index (χ3n) is 2.24. The molecule has 2 nitrogen and oxygen atoms in total. The summed E-state index contributed by atoms with van der Waals surface area (Å²) in [5.41, 5.74) is 0. The minimum absolute atomic E-state index is 0.114. The molecule has 1 radical (unpaired) electrons. The van der Waals surface area contributed by atoms with E-state index in [1.54, 1.807) is 0 Å². The van der Waals surface area contributed by atoms with Gasteiger partial charge in [-0.3, -0.25) is 0 Å². The molecule has 2 atom stereocenters. The number of rotatable bonds is 3. The lowest BCUT2D eigenvalue weighted by molar-refractivity contribution is -0.0386. The standard InChI is InChI=1S/C8H16BO2/c1-9-4-7-2-3-8(5-10)11-6-7/h7-8,10H,2-6H2,1H3. The van der Waals surface area contributed by atoms with Gasteiger partial charge in [-0.25, -0.2) is 0 Å². The van der Waals surface area contributed by atoms with Crippen LogP contribution in [0.4, 0.5) is 0 Å². The van der Waals surface area contributed by atoms with Crippen LogP contribution in [-0.4, -0.2) is 31.7 Å². The van der Waals surface area contributed by atoms with Gasteiger partial charge in [0.2, 0.25) is 0 Å². The van der Waals surface area contributed by atoms with Gasteiger partial charge >= 0.3 is 0 Å². The zero-order valence-electron chi connectivity index (χ0n) is 7.12. The van der Waals surface area contributed by atoms with Crippen LogP contribution in [0.15, 0.2) is 0 Å². The largest absolute Gasteiger partial charge is 0.394 e. The summed E-state index contributed by atoms with van der Waals surface area (Å²) >= 11 is 0. The minimum atomic E-state index is 0.114. The van der Waals surface area contributed by atoms with Crippen LogP contribution in [0.25, 0.3) is 0 Å². The minimum Gasteiger partial charge on any atom is -0.394 e. The van der Waals surface area contributed by atoms with Crippen LogP contribution in [0.1, 0.15) is 12.8 Å². The van der Waals surface area contributed by atoms with E-state index >= 15 is 0 Å². The van der Waals surface area contributed by atoms with Crippen LogP contribution in [0.2, 0.25) is 13.1 Å². The molecule has 0 aromatic rings. The van der Waals surface area contributed by atoms with Crippen molar-refractivity contribution in [1.82, 2.24) is 0 Å². The van der Waals surface area contributed by atoms with E-state index in [-0.39, 0.29) is 12.7 Å². The average Bonchev–Trinajstić information content (AvgIpc) is 2.07. The Morgan fingerprint density at radius 3 is 2.82 bits per heavy atom. The van der Waals surface area contributed by atoms with Crippen molar-refractivity contribution in [3.8, 4) is 0 Å². The highest BCUT2D eigenvalue weighted by Crippen LogP contribution is 2.21. The smallest absolute Gasteiger partial charge is 0.106 e. The third-order valence-corrected chi connectivity index (χ3v) is 2.24. The fraction of sp³-hybridized carbons (Fsp3) is 1.00. The number of aliphatic hydroxyl groups is 1. The Hall–Kier alpha value is -0.0151. The molecule has 0 aliphatic carbocycles. The van der Waals surface area contributed by atoms with Crippen molar-refractivity contribution in [3.63, 3.8) is 0 Å². The van der Waals surface area contributed by atoms with Gasteiger partial charge in [0, 0.05) is 6.61 Å². The number of hydrogen-bond acceptors (Lipinski definition) is 2. The molecule has 0 aromatic heterocycles. The highest BCUT2D eigenvalue weighted by molar-refractivity contribution is 6.33. The van der Waals surface area contributed by atoms with E-state index in [2.05, 4.69) is 14.1 Å². The van der Waals surface area contributed by atoms with Crippen molar-refractivity contribution in [2.45, 2.75) is 32.1 Å². The van der Waals surface area contributed by atoms with Crippen LogP contribution >= 0.6 is 0 Å². The highest BCUT2D eigenvalue weighted by Gasteiger charge is 2.19. The van der Waals surface area contributed by atoms with Crippen molar-refractivity contribution < 1.29 is 9.84 Å². The topological polar surface area (TPSA) is 29.5 Å². The Bertz CT molecular complexity index is 100. The fourth-order valence-electron chi connectivity index (χ4n) is 1.52. The Morgan fingerprint density at radius 1 is 1.55 bits per heavy atom. The van der Waals surface area contributed by atoms with Gasteiger partial charge in [-0.05, 0) is 18.8 Å². The predicted octanol–water partition coefficient (Wildman–Crippen LogP) is 0.944. The molecule has 3 heteroatoms. The van der Waals surface area contributed by atoms with Crippen molar-refractivity contribution >= 4 is 7.28 Å². The van der Waals surface area contributed by atoms with Crippen LogP contribution in [0, 0.1) is 5.92 Å². The van der Waals surface area contributed by atoms with Crippen molar-refractivity contribution in [2.75, 3.05) is 13.2 Å². The summed E-state index contributed by atoms with van der Waals surface area (Å²) in [6, 6.07) is 0. The SMILES string of the molecule is C[B]CC1CCC(CO)OC1. The van der Waals surface area contributed by atoms with E-state index < -0.39 is 0 Å². The summed E-state index contributed by atoms with van der Waals surface area (Å²) in [6.45, 7) is 3.09. The molecule has 1 aliphatic rings. The summed E-state index contributed by atoms with van der Waals surface area (Å²) in [4.78, 5) is 0. The van der Waals surface area contributed by atoms with Gasteiger partial charge in [0.15, 0.2) is 0 Å². The summed E-state index contributed by atoms with van der Waals surface area (Å²) in [7, 11) is 2.19. The Morgan fingerprint density at radius 2 is 2.36 bits per heavy atom. The lowest BCUT2D eigenvalue weighted by atomic mass is 9.71. The van der Waals surface area contributed by atoms with E-state index in [9.17, 15) is 0 Å². The first-order valence-electron chi connectivity index (χ1n) is 4.37. The second-order valence-corrected chi connectivity index (χ2v) is 3.23. The molecule has 1 rings (SSSR count).